The summed E-state index contributed by atoms with van der Waals surface area (Å²) in [5, 5.41) is 5.68. The third kappa shape index (κ3) is 2.59. The quantitative estimate of drug-likeness (QED) is 0.870. The van der Waals surface area contributed by atoms with Crippen LogP contribution in [0.25, 0.3) is 0 Å². The molecule has 2 nitrogen and oxygen atoms in total. The van der Waals surface area contributed by atoms with Crippen LogP contribution in [0.15, 0.2) is 27.4 Å². The van der Waals surface area contributed by atoms with Crippen LogP contribution in [-0.4, -0.2) is 5.91 Å². The van der Waals surface area contributed by atoms with E-state index in [2.05, 4.69) is 21.2 Å². The van der Waals surface area contributed by atoms with Crippen molar-refractivity contribution in [3.8, 4) is 0 Å². The molecule has 1 aromatic heterocycles. The van der Waals surface area contributed by atoms with Crippen molar-refractivity contribution in [1.82, 2.24) is 0 Å². The van der Waals surface area contributed by atoms with Gasteiger partial charge in [-0.15, -0.1) is 0 Å². The number of hydrogen-bond donors (Lipinski definition) is 1. The Morgan fingerprint density at radius 2 is 1.89 bits per heavy atom. The molecule has 18 heavy (non-hydrogen) atoms. The van der Waals surface area contributed by atoms with Gasteiger partial charge in [0, 0.05) is 9.85 Å². The number of anilines is 1. The minimum atomic E-state index is -0.817. The van der Waals surface area contributed by atoms with Gasteiger partial charge in [0.05, 0.1) is 5.56 Å². The minimum Gasteiger partial charge on any atom is -0.317 e. The third-order valence-corrected chi connectivity index (χ3v) is 3.66. The molecule has 0 atom stereocenters. The lowest BCUT2D eigenvalue weighted by molar-refractivity contribution is 0.102. The third-order valence-electron chi connectivity index (χ3n) is 2.35. The van der Waals surface area contributed by atoms with Crippen molar-refractivity contribution in [1.29, 1.82) is 0 Å². The number of hydrogen-bond acceptors (Lipinski definition) is 2. The molecule has 0 fully saturated rings. The molecule has 1 amide bonds. The Balaban J connectivity index is 2.31. The molecule has 2 rings (SSSR count). The Kier molecular flexibility index (Phi) is 3.77. The first-order chi connectivity index (χ1) is 8.49. The molecule has 0 radical (unpaired) electrons. The molecule has 2 aromatic rings. The van der Waals surface area contributed by atoms with Crippen LogP contribution >= 0.6 is 27.3 Å². The number of halogens is 3. The molecule has 0 bridgehead atoms. The van der Waals surface area contributed by atoms with Gasteiger partial charge in [-0.2, -0.15) is 11.3 Å². The summed E-state index contributed by atoms with van der Waals surface area (Å²) in [5.74, 6) is -2.15. The second-order valence-electron chi connectivity index (χ2n) is 3.67. The first-order valence-corrected chi connectivity index (χ1v) is 6.71. The summed E-state index contributed by atoms with van der Waals surface area (Å²) >= 11 is 4.33. The summed E-state index contributed by atoms with van der Waals surface area (Å²) in [5.41, 5.74) is 0.756. The largest absolute Gasteiger partial charge is 0.317 e. The van der Waals surface area contributed by atoms with Crippen LogP contribution in [0.5, 0.6) is 0 Å². The lowest BCUT2D eigenvalue weighted by Crippen LogP contribution is -2.14. The first-order valence-electron chi connectivity index (χ1n) is 4.97. The van der Waals surface area contributed by atoms with E-state index < -0.39 is 23.2 Å². The molecular weight excluding hydrogens is 324 g/mol. The molecule has 1 N–H and O–H groups in total. The monoisotopic (exact) mass is 331 g/mol. The van der Waals surface area contributed by atoms with E-state index in [-0.39, 0.29) is 4.47 Å². The summed E-state index contributed by atoms with van der Waals surface area (Å²) in [7, 11) is 0. The van der Waals surface area contributed by atoms with Gasteiger partial charge in [0.2, 0.25) is 0 Å². The van der Waals surface area contributed by atoms with Gasteiger partial charge in [0.15, 0.2) is 11.6 Å². The highest BCUT2D eigenvalue weighted by Crippen LogP contribution is 2.25. The van der Waals surface area contributed by atoms with Crippen molar-refractivity contribution in [3.63, 3.8) is 0 Å². The number of nitrogens with one attached hydrogen (secondary N) is 1. The molecule has 1 heterocycles. The van der Waals surface area contributed by atoms with Gasteiger partial charge < -0.3 is 5.32 Å². The number of rotatable bonds is 2. The highest BCUT2D eigenvalue weighted by Gasteiger charge is 2.16. The molecule has 0 saturated heterocycles. The van der Waals surface area contributed by atoms with Crippen molar-refractivity contribution in [2.75, 3.05) is 5.32 Å². The summed E-state index contributed by atoms with van der Waals surface area (Å²) in [4.78, 5) is 11.8. The Labute approximate surface area is 115 Å². The van der Waals surface area contributed by atoms with E-state index in [0.29, 0.717) is 5.56 Å². The van der Waals surface area contributed by atoms with Crippen LogP contribution in [0.4, 0.5) is 14.5 Å². The van der Waals surface area contributed by atoms with Gasteiger partial charge >= 0.3 is 0 Å². The normalized spacial score (nSPS) is 10.4. The van der Waals surface area contributed by atoms with Crippen molar-refractivity contribution < 1.29 is 13.6 Å². The zero-order valence-electron chi connectivity index (χ0n) is 9.26. The highest BCUT2D eigenvalue weighted by atomic mass is 79.9. The van der Waals surface area contributed by atoms with Crippen molar-refractivity contribution >= 4 is 38.9 Å². The molecule has 0 aliphatic carbocycles. The number of amides is 1. The highest BCUT2D eigenvalue weighted by molar-refractivity contribution is 9.10. The molecule has 94 valence electrons. The van der Waals surface area contributed by atoms with Gasteiger partial charge in [-0.1, -0.05) is 15.9 Å². The molecule has 6 heteroatoms. The topological polar surface area (TPSA) is 29.1 Å². The van der Waals surface area contributed by atoms with Gasteiger partial charge in [-0.3, -0.25) is 4.79 Å². The fourth-order valence-electron chi connectivity index (χ4n) is 1.44. The Morgan fingerprint density at radius 3 is 2.39 bits per heavy atom. The van der Waals surface area contributed by atoms with E-state index in [9.17, 15) is 13.6 Å². The lowest BCUT2D eigenvalue weighted by Gasteiger charge is -2.08. The SMILES string of the molecule is Cc1cscc1C(=O)Nc1c(F)cc(Br)cc1F. The Bertz CT molecular complexity index is 589. The van der Waals surface area contributed by atoms with E-state index in [1.165, 1.54) is 11.3 Å². The Hall–Kier alpha value is -1.27. The smallest absolute Gasteiger partial charge is 0.256 e. The van der Waals surface area contributed by atoms with Crippen molar-refractivity contribution in [3.05, 3.63) is 50.1 Å². The maximum absolute atomic E-state index is 13.5. The summed E-state index contributed by atoms with van der Waals surface area (Å²) in [6.45, 7) is 1.76. The van der Waals surface area contributed by atoms with E-state index in [4.69, 9.17) is 0 Å². The molecule has 0 aliphatic heterocycles. The fraction of sp³-hybridized carbons (Fsp3) is 0.0833. The number of carbonyl (C=O) groups is 1. The summed E-state index contributed by atoms with van der Waals surface area (Å²) in [6.07, 6.45) is 0. The maximum atomic E-state index is 13.5. The molecular formula is C12H8BrF2NOS. The Morgan fingerprint density at radius 1 is 1.28 bits per heavy atom. The van der Waals surface area contributed by atoms with Crippen LogP contribution in [0.1, 0.15) is 15.9 Å². The molecule has 0 aliphatic rings. The maximum Gasteiger partial charge on any atom is 0.256 e. The second kappa shape index (κ2) is 5.16. The lowest BCUT2D eigenvalue weighted by atomic mass is 10.2. The number of carbonyl (C=O) groups excluding carboxylic acids is 1. The van der Waals surface area contributed by atoms with E-state index in [1.807, 2.05) is 0 Å². The zero-order chi connectivity index (χ0) is 13.3. The van der Waals surface area contributed by atoms with Gasteiger partial charge in [0.1, 0.15) is 5.69 Å². The van der Waals surface area contributed by atoms with Gasteiger partial charge in [-0.05, 0) is 30.0 Å². The van der Waals surface area contributed by atoms with Crippen LogP contribution in [0.2, 0.25) is 0 Å². The van der Waals surface area contributed by atoms with Gasteiger partial charge in [0.25, 0.3) is 5.91 Å². The van der Waals surface area contributed by atoms with Crippen molar-refractivity contribution in [2.24, 2.45) is 0 Å². The standard InChI is InChI=1S/C12H8BrF2NOS/c1-6-4-18-5-8(6)12(17)16-11-9(14)2-7(13)3-10(11)15/h2-5H,1H3,(H,16,17). The minimum absolute atomic E-state index is 0.280. The first kappa shape index (κ1) is 13.2. The molecule has 1 aromatic carbocycles. The van der Waals surface area contributed by atoms with Crippen LogP contribution < -0.4 is 5.32 Å². The van der Waals surface area contributed by atoms with E-state index >= 15 is 0 Å². The van der Waals surface area contributed by atoms with Crippen LogP contribution in [-0.2, 0) is 0 Å². The van der Waals surface area contributed by atoms with E-state index in [1.54, 1.807) is 17.7 Å². The van der Waals surface area contributed by atoms with Crippen molar-refractivity contribution in [2.45, 2.75) is 6.92 Å². The summed E-state index contributed by atoms with van der Waals surface area (Å²) in [6, 6.07) is 2.19. The zero-order valence-corrected chi connectivity index (χ0v) is 11.7. The predicted molar refractivity (Wildman–Crippen MR) is 71.1 cm³/mol. The van der Waals surface area contributed by atoms with Crippen LogP contribution in [0.3, 0.4) is 0 Å². The molecule has 0 saturated carbocycles. The second-order valence-corrected chi connectivity index (χ2v) is 5.33. The predicted octanol–water partition coefficient (Wildman–Crippen LogP) is 4.35. The van der Waals surface area contributed by atoms with Gasteiger partial charge in [-0.25, -0.2) is 8.78 Å². The van der Waals surface area contributed by atoms with Crippen LogP contribution in [0, 0.1) is 18.6 Å². The van der Waals surface area contributed by atoms with E-state index in [0.717, 1.165) is 17.7 Å². The average molecular weight is 332 g/mol. The number of benzene rings is 1. The fourth-order valence-corrected chi connectivity index (χ4v) is 2.67. The molecule has 0 spiro atoms. The number of thiophene rings is 1. The summed E-state index contributed by atoms with van der Waals surface area (Å²) < 4.78 is 27.3. The average Bonchev–Trinajstić information content (AvgIpc) is 2.69. The molecule has 0 unspecified atom stereocenters. The number of aryl methyl sites for hydroxylation is 1.